The maximum atomic E-state index is 11.7. The number of hydrogen-bond acceptors (Lipinski definition) is 3. The molecule has 2 amide bonds. The molecule has 0 bridgehead atoms. The molecule has 0 aromatic heterocycles. The first-order valence-electron chi connectivity index (χ1n) is 6.27. The van der Waals surface area contributed by atoms with Gasteiger partial charge in [0.05, 0.1) is 0 Å². The lowest BCUT2D eigenvalue weighted by molar-refractivity contribution is -0.117. The van der Waals surface area contributed by atoms with Crippen LogP contribution in [0.1, 0.15) is 15.9 Å². The zero-order chi connectivity index (χ0) is 15.1. The zero-order valence-corrected chi connectivity index (χ0v) is 11.1. The number of benzene rings is 2. The predicted octanol–water partition coefficient (Wildman–Crippen LogP) is 1.87. The number of amides is 2. The summed E-state index contributed by atoms with van der Waals surface area (Å²) in [5, 5.41) is 9.14. The second kappa shape index (κ2) is 6.91. The van der Waals surface area contributed by atoms with E-state index in [2.05, 4.69) is 10.9 Å². The number of rotatable bonds is 3. The Hall–Kier alpha value is -3.08. The lowest BCUT2D eigenvalue weighted by Gasteiger charge is -2.04. The van der Waals surface area contributed by atoms with Crippen LogP contribution in [-0.2, 0) is 4.79 Å². The van der Waals surface area contributed by atoms with Gasteiger partial charge in [-0.1, -0.05) is 30.3 Å². The maximum Gasteiger partial charge on any atom is 0.269 e. The lowest BCUT2D eigenvalue weighted by atomic mass is 10.2. The number of carbonyl (C=O) groups excluding carboxylic acids is 2. The molecular weight excluding hydrogens is 268 g/mol. The fourth-order valence-corrected chi connectivity index (χ4v) is 1.58. The Morgan fingerprint density at radius 2 is 1.57 bits per heavy atom. The third-order valence-corrected chi connectivity index (χ3v) is 2.66. The van der Waals surface area contributed by atoms with Crippen LogP contribution in [-0.4, -0.2) is 16.9 Å². The van der Waals surface area contributed by atoms with Crippen molar-refractivity contribution in [2.45, 2.75) is 0 Å². The Kier molecular flexibility index (Phi) is 4.71. The summed E-state index contributed by atoms with van der Waals surface area (Å²) in [7, 11) is 0. The highest BCUT2D eigenvalue weighted by atomic mass is 16.3. The van der Waals surface area contributed by atoms with Crippen molar-refractivity contribution in [1.29, 1.82) is 0 Å². The third-order valence-electron chi connectivity index (χ3n) is 2.66. The van der Waals surface area contributed by atoms with Gasteiger partial charge in [0.2, 0.25) is 0 Å². The molecule has 3 N–H and O–H groups in total. The number of phenolic OH excluding ortho intramolecular Hbond substituents is 1. The van der Waals surface area contributed by atoms with Crippen molar-refractivity contribution in [3.8, 4) is 5.75 Å². The first-order chi connectivity index (χ1) is 10.1. The van der Waals surface area contributed by atoms with E-state index in [-0.39, 0.29) is 11.7 Å². The highest BCUT2D eigenvalue weighted by Crippen LogP contribution is 2.10. The first kappa shape index (κ1) is 14.3. The van der Waals surface area contributed by atoms with Crippen LogP contribution in [0.4, 0.5) is 0 Å². The molecule has 106 valence electrons. The molecule has 0 heterocycles. The van der Waals surface area contributed by atoms with Gasteiger partial charge in [0.1, 0.15) is 5.75 Å². The standard InChI is InChI=1S/C16H14N2O3/c19-14-9-6-12(7-10-14)8-11-15(20)17-18-16(21)13-4-2-1-3-5-13/h1-11,19H,(H,17,20)(H,18,21)/b11-8+. The molecule has 0 saturated heterocycles. The minimum absolute atomic E-state index is 0.159. The van der Waals surface area contributed by atoms with Crippen molar-refractivity contribution < 1.29 is 14.7 Å². The van der Waals surface area contributed by atoms with Gasteiger partial charge in [0.25, 0.3) is 11.8 Å². The molecule has 0 spiro atoms. The van der Waals surface area contributed by atoms with Gasteiger partial charge in [-0.3, -0.25) is 20.4 Å². The number of carbonyl (C=O) groups is 2. The highest BCUT2D eigenvalue weighted by Gasteiger charge is 2.04. The average Bonchev–Trinajstić information content (AvgIpc) is 2.53. The van der Waals surface area contributed by atoms with Crippen LogP contribution < -0.4 is 10.9 Å². The molecule has 21 heavy (non-hydrogen) atoms. The summed E-state index contributed by atoms with van der Waals surface area (Å²) in [5.74, 6) is -0.680. The quantitative estimate of drug-likeness (QED) is 0.594. The second-order valence-corrected chi connectivity index (χ2v) is 4.23. The summed E-state index contributed by atoms with van der Waals surface area (Å²) in [6, 6.07) is 15.0. The summed E-state index contributed by atoms with van der Waals surface area (Å²) < 4.78 is 0. The largest absolute Gasteiger partial charge is 0.508 e. The molecule has 0 aliphatic heterocycles. The Morgan fingerprint density at radius 3 is 2.24 bits per heavy atom. The summed E-state index contributed by atoms with van der Waals surface area (Å²) in [5.41, 5.74) is 5.82. The van der Waals surface area contributed by atoms with E-state index in [0.717, 1.165) is 5.56 Å². The molecule has 0 atom stereocenters. The molecule has 0 fully saturated rings. The van der Waals surface area contributed by atoms with Crippen molar-refractivity contribution in [1.82, 2.24) is 10.9 Å². The van der Waals surface area contributed by atoms with Gasteiger partial charge in [0, 0.05) is 11.6 Å². The highest BCUT2D eigenvalue weighted by molar-refractivity contribution is 5.97. The van der Waals surface area contributed by atoms with E-state index in [4.69, 9.17) is 5.11 Å². The Labute approximate surface area is 121 Å². The van der Waals surface area contributed by atoms with E-state index in [1.807, 2.05) is 0 Å². The van der Waals surface area contributed by atoms with Gasteiger partial charge in [-0.15, -0.1) is 0 Å². The van der Waals surface area contributed by atoms with Crippen LogP contribution in [0.3, 0.4) is 0 Å². The number of hydrazine groups is 1. The summed E-state index contributed by atoms with van der Waals surface area (Å²) in [6.45, 7) is 0. The molecule has 2 aromatic carbocycles. The predicted molar refractivity (Wildman–Crippen MR) is 79.2 cm³/mol. The number of aromatic hydroxyl groups is 1. The van der Waals surface area contributed by atoms with Crippen LogP contribution in [0.15, 0.2) is 60.7 Å². The van der Waals surface area contributed by atoms with Gasteiger partial charge in [-0.2, -0.15) is 0 Å². The molecule has 0 unspecified atom stereocenters. The van der Waals surface area contributed by atoms with Crippen LogP contribution in [0.25, 0.3) is 6.08 Å². The third kappa shape index (κ3) is 4.50. The molecule has 5 nitrogen and oxygen atoms in total. The smallest absolute Gasteiger partial charge is 0.269 e. The van der Waals surface area contributed by atoms with E-state index in [1.54, 1.807) is 48.5 Å². The van der Waals surface area contributed by atoms with E-state index in [1.165, 1.54) is 18.2 Å². The molecule has 0 radical (unpaired) electrons. The monoisotopic (exact) mass is 282 g/mol. The molecule has 2 aromatic rings. The Balaban J connectivity index is 1.85. The SMILES string of the molecule is O=C(/C=C/c1ccc(O)cc1)NNC(=O)c1ccccc1. The van der Waals surface area contributed by atoms with Crippen molar-refractivity contribution in [2.75, 3.05) is 0 Å². The van der Waals surface area contributed by atoms with Crippen LogP contribution in [0, 0.1) is 0 Å². The Bertz CT molecular complexity index is 649. The molecular formula is C16H14N2O3. The van der Waals surface area contributed by atoms with Crippen molar-refractivity contribution >= 4 is 17.9 Å². The molecule has 0 aliphatic carbocycles. The summed E-state index contributed by atoms with van der Waals surface area (Å²) in [6.07, 6.45) is 2.86. The summed E-state index contributed by atoms with van der Waals surface area (Å²) >= 11 is 0. The molecule has 0 saturated carbocycles. The van der Waals surface area contributed by atoms with Gasteiger partial charge in [-0.05, 0) is 35.9 Å². The van der Waals surface area contributed by atoms with Gasteiger partial charge < -0.3 is 5.11 Å². The van der Waals surface area contributed by atoms with Crippen LogP contribution in [0.5, 0.6) is 5.75 Å². The van der Waals surface area contributed by atoms with Crippen molar-refractivity contribution in [2.24, 2.45) is 0 Å². The minimum atomic E-state index is -0.452. The Morgan fingerprint density at radius 1 is 0.905 bits per heavy atom. The van der Waals surface area contributed by atoms with E-state index in [0.29, 0.717) is 5.56 Å². The maximum absolute atomic E-state index is 11.7. The topological polar surface area (TPSA) is 78.4 Å². The zero-order valence-electron chi connectivity index (χ0n) is 11.1. The minimum Gasteiger partial charge on any atom is -0.508 e. The van der Waals surface area contributed by atoms with Crippen molar-refractivity contribution in [3.05, 3.63) is 71.8 Å². The van der Waals surface area contributed by atoms with Gasteiger partial charge in [0.15, 0.2) is 0 Å². The fraction of sp³-hybridized carbons (Fsp3) is 0. The van der Waals surface area contributed by atoms with E-state index < -0.39 is 5.91 Å². The number of phenols is 1. The van der Waals surface area contributed by atoms with Crippen molar-refractivity contribution in [3.63, 3.8) is 0 Å². The van der Waals surface area contributed by atoms with Crippen LogP contribution >= 0.6 is 0 Å². The average molecular weight is 282 g/mol. The van der Waals surface area contributed by atoms with E-state index in [9.17, 15) is 9.59 Å². The number of hydrogen-bond donors (Lipinski definition) is 3. The molecule has 5 heteroatoms. The molecule has 2 rings (SSSR count). The lowest BCUT2D eigenvalue weighted by Crippen LogP contribution is -2.40. The van der Waals surface area contributed by atoms with Gasteiger partial charge in [-0.25, -0.2) is 0 Å². The second-order valence-electron chi connectivity index (χ2n) is 4.23. The number of nitrogens with one attached hydrogen (secondary N) is 2. The van der Waals surface area contributed by atoms with Crippen LogP contribution in [0.2, 0.25) is 0 Å². The molecule has 0 aliphatic rings. The first-order valence-corrected chi connectivity index (χ1v) is 6.27. The normalized spacial score (nSPS) is 10.3. The summed E-state index contributed by atoms with van der Waals surface area (Å²) in [4.78, 5) is 23.2. The van der Waals surface area contributed by atoms with E-state index >= 15 is 0 Å². The fourth-order valence-electron chi connectivity index (χ4n) is 1.58. The van der Waals surface area contributed by atoms with Gasteiger partial charge >= 0.3 is 0 Å².